The number of benzene rings is 3. The van der Waals surface area contributed by atoms with Crippen LogP contribution in [0.2, 0.25) is 0 Å². The van der Waals surface area contributed by atoms with E-state index in [0.717, 1.165) is 68.9 Å². The van der Waals surface area contributed by atoms with Crippen LogP contribution in [0.4, 0.5) is 4.79 Å². The van der Waals surface area contributed by atoms with E-state index in [-0.39, 0.29) is 30.8 Å². The van der Waals surface area contributed by atoms with Gasteiger partial charge < -0.3 is 50.2 Å². The van der Waals surface area contributed by atoms with Gasteiger partial charge in [0, 0.05) is 52.9 Å². The van der Waals surface area contributed by atoms with Crippen molar-refractivity contribution < 1.29 is 33.7 Å². The summed E-state index contributed by atoms with van der Waals surface area (Å²) >= 11 is 0. The van der Waals surface area contributed by atoms with E-state index in [1.54, 1.807) is 41.6 Å². The minimum atomic E-state index is -1.11. The predicted molar refractivity (Wildman–Crippen MR) is 247 cm³/mol. The van der Waals surface area contributed by atoms with Gasteiger partial charge in [-0.05, 0) is 61.7 Å². The average Bonchev–Trinajstić information content (AvgIpc) is 4.03. The second kappa shape index (κ2) is 20.9. The van der Waals surface area contributed by atoms with E-state index in [0.29, 0.717) is 49.9 Å². The molecule has 2 aliphatic rings. The molecule has 18 heteroatoms. The number of hydrogen-bond acceptors (Lipinski definition) is 13. The summed E-state index contributed by atoms with van der Waals surface area (Å²) < 4.78 is 17.7. The third kappa shape index (κ3) is 9.99. The molecule has 7 rings (SSSR count). The van der Waals surface area contributed by atoms with Crippen molar-refractivity contribution in [3.8, 4) is 45.1 Å². The minimum absolute atomic E-state index is 0.0464. The summed E-state index contributed by atoms with van der Waals surface area (Å²) in [6.07, 6.45) is 4.34. The summed E-state index contributed by atoms with van der Waals surface area (Å²) in [5.74, 6) is 1.67. The van der Waals surface area contributed by atoms with Gasteiger partial charge in [0.1, 0.15) is 48.6 Å². The number of hydrogen-bond donors (Lipinski definition) is 7. The van der Waals surface area contributed by atoms with Crippen LogP contribution in [0.3, 0.4) is 0 Å². The van der Waals surface area contributed by atoms with Gasteiger partial charge in [0.15, 0.2) is 6.04 Å². The van der Waals surface area contributed by atoms with E-state index in [2.05, 4.69) is 42.8 Å². The van der Waals surface area contributed by atoms with E-state index >= 15 is 0 Å². The molecular weight excluding hydrogens is 843 g/mol. The molecule has 3 amide bonds. The molecule has 0 bridgehead atoms. The van der Waals surface area contributed by atoms with Crippen molar-refractivity contribution in [2.24, 2.45) is 11.0 Å². The molecule has 0 radical (unpaired) electrons. The highest BCUT2D eigenvalue weighted by Gasteiger charge is 2.35. The topological polar surface area (TPSA) is 247 Å². The summed E-state index contributed by atoms with van der Waals surface area (Å²) in [7, 11) is 1.30. The number of aliphatic hydroxyl groups is 1. The van der Waals surface area contributed by atoms with Crippen molar-refractivity contribution in [1.29, 1.82) is 10.9 Å². The summed E-state index contributed by atoms with van der Waals surface area (Å²) in [6, 6.07) is 14.1. The Hall–Kier alpha value is -6.92. The highest BCUT2D eigenvalue weighted by Crippen LogP contribution is 2.50. The second-order valence-electron chi connectivity index (χ2n) is 16.9. The highest BCUT2D eigenvalue weighted by atomic mass is 16.5. The highest BCUT2D eigenvalue weighted by molar-refractivity contribution is 5.92. The molecule has 348 valence electrons. The van der Waals surface area contributed by atoms with Gasteiger partial charge in [0.2, 0.25) is 11.8 Å². The number of amides is 3. The van der Waals surface area contributed by atoms with Crippen LogP contribution in [-0.4, -0.2) is 97.5 Å². The lowest BCUT2D eigenvalue weighted by molar-refractivity contribution is -0.137. The predicted octanol–water partition coefficient (Wildman–Crippen LogP) is 7.43. The van der Waals surface area contributed by atoms with Gasteiger partial charge in [0.05, 0.1) is 49.5 Å². The number of aromatic amines is 2. The first-order valence-electron chi connectivity index (χ1n) is 22.4. The van der Waals surface area contributed by atoms with Crippen LogP contribution in [0, 0.1) is 16.9 Å². The Morgan fingerprint density at radius 3 is 2.11 bits per heavy atom. The molecule has 0 saturated heterocycles. The molecule has 4 heterocycles. The zero-order chi connectivity index (χ0) is 47.1. The average molecular weight is 902 g/mol. The lowest BCUT2D eigenvalue weighted by Gasteiger charge is -2.38. The van der Waals surface area contributed by atoms with Crippen molar-refractivity contribution in [1.82, 2.24) is 40.4 Å². The van der Waals surface area contributed by atoms with Crippen LogP contribution in [0.5, 0.6) is 11.5 Å². The number of methoxy groups -OCH3 is 1. The smallest absolute Gasteiger partial charge is 0.407 e. The van der Waals surface area contributed by atoms with E-state index < -0.39 is 36.4 Å². The summed E-state index contributed by atoms with van der Waals surface area (Å²) in [4.78, 5) is 59.4. The molecular formula is C48H59N11O7. The monoisotopic (exact) mass is 901 g/mol. The Morgan fingerprint density at radius 1 is 0.909 bits per heavy atom. The number of alkyl carbamates (subject to hydrolysis) is 1. The number of rotatable bonds is 21. The van der Waals surface area contributed by atoms with Crippen LogP contribution in [0.25, 0.3) is 33.6 Å². The van der Waals surface area contributed by atoms with E-state index in [9.17, 15) is 19.5 Å². The molecule has 2 aliphatic heterocycles. The van der Waals surface area contributed by atoms with E-state index in [1.165, 1.54) is 7.11 Å². The van der Waals surface area contributed by atoms with Gasteiger partial charge in [-0.2, -0.15) is 5.11 Å². The van der Waals surface area contributed by atoms with Gasteiger partial charge in [-0.15, -0.1) is 0 Å². The fourth-order valence-corrected chi connectivity index (χ4v) is 8.64. The number of nitrogens with one attached hydrogen (secondary N) is 6. The second-order valence-corrected chi connectivity index (χ2v) is 16.9. The van der Waals surface area contributed by atoms with Crippen LogP contribution >= 0.6 is 0 Å². The van der Waals surface area contributed by atoms with Gasteiger partial charge >= 0.3 is 6.09 Å². The van der Waals surface area contributed by atoms with Gasteiger partial charge in [-0.25, -0.2) is 20.3 Å². The van der Waals surface area contributed by atoms with Gasteiger partial charge in [-0.1, -0.05) is 58.0 Å². The Bertz CT molecular complexity index is 2490. The molecule has 0 fully saturated rings. The molecule has 5 atom stereocenters. The number of aromatic nitrogens is 4. The number of carbonyl (C=O) groups is 3. The van der Waals surface area contributed by atoms with Crippen LogP contribution in [0.1, 0.15) is 94.3 Å². The van der Waals surface area contributed by atoms with Crippen LogP contribution in [0.15, 0.2) is 72.1 Å². The van der Waals surface area contributed by atoms with Crippen LogP contribution in [-0.2, 0) is 34.1 Å². The Kier molecular flexibility index (Phi) is 14.9. The molecule has 2 aromatic heterocycles. The Balaban J connectivity index is 1.10. The van der Waals surface area contributed by atoms with Crippen molar-refractivity contribution in [2.45, 2.75) is 104 Å². The Morgan fingerprint density at radius 2 is 1.53 bits per heavy atom. The number of H-pyrrole nitrogens is 2. The number of imidazole rings is 2. The van der Waals surface area contributed by atoms with Gasteiger partial charge in [0.25, 0.3) is 0 Å². The van der Waals surface area contributed by atoms with Crippen molar-refractivity contribution >= 4 is 24.1 Å². The molecule has 5 aromatic rings. The molecule has 3 aromatic carbocycles. The van der Waals surface area contributed by atoms with E-state index in [4.69, 9.17) is 30.1 Å². The summed E-state index contributed by atoms with van der Waals surface area (Å²) in [5, 5.41) is 27.9. The SMILES string of the molecule is CCCN(Cc1ncc(-c2cc3c4c(c2)OCc2cc(-c5cnc(C(C)N(CCC)C(O)C(NC(=O)OC)C(C)C)[nH]5)cc(c2-4)OC3)[nH]1)C(=O)C(NC(=O)C(CC=N)N=N)c1ccccc1. The van der Waals surface area contributed by atoms with Crippen molar-refractivity contribution in [3.05, 3.63) is 95.3 Å². The maximum absolute atomic E-state index is 14.2. The lowest BCUT2D eigenvalue weighted by atomic mass is 9.87. The number of nitrogens with zero attached hydrogens (tertiary/aromatic N) is 5. The Labute approximate surface area is 383 Å². The van der Waals surface area contributed by atoms with Crippen LogP contribution < -0.4 is 20.1 Å². The largest absolute Gasteiger partial charge is 0.488 e. The molecule has 0 spiro atoms. The van der Waals surface area contributed by atoms with Crippen molar-refractivity contribution in [2.75, 3.05) is 20.2 Å². The number of aliphatic hydroxyl groups excluding tert-OH is 1. The maximum Gasteiger partial charge on any atom is 0.407 e. The van der Waals surface area contributed by atoms with Crippen molar-refractivity contribution in [3.63, 3.8) is 0 Å². The fourth-order valence-electron chi connectivity index (χ4n) is 8.64. The maximum atomic E-state index is 14.2. The molecule has 18 nitrogen and oxygen atoms in total. The quantitative estimate of drug-likeness (QED) is 0.0218. The standard InChI is InChI=1S/C48H59N11O7/c1-7-16-58(46(61)43(29-12-10-9-11-13-29)55-45(60)34(57-50)14-15-49)24-39-51-22-35(53-39)30-18-32-25-66-38-21-31(19-33-26-65-37(20-30)40(32)41(33)38)36-23-52-44(54-36)28(5)59(17-8-2)47(62)42(27(3)4)56-48(63)64-6/h9-13,15,18-23,27-28,34,42-43,47,49-50,62H,7-8,14,16-17,24-26H2,1-6H3,(H,51,53)(H,52,54)(H,55,60)(H,56,63). The fraction of sp³-hybridized carbons (Fsp3) is 0.417. The zero-order valence-corrected chi connectivity index (χ0v) is 38.2. The lowest BCUT2D eigenvalue weighted by Crippen LogP contribution is -2.55. The zero-order valence-electron chi connectivity index (χ0n) is 38.2. The first kappa shape index (κ1) is 47.1. The van der Waals surface area contributed by atoms with E-state index in [1.807, 2.05) is 57.7 Å². The minimum Gasteiger partial charge on any atom is -0.488 e. The third-order valence-electron chi connectivity index (χ3n) is 12.1. The molecule has 0 saturated carbocycles. The molecule has 66 heavy (non-hydrogen) atoms. The first-order valence-corrected chi connectivity index (χ1v) is 22.4. The molecule has 0 aliphatic carbocycles. The number of carbonyl (C=O) groups excluding carboxylic acids is 3. The first-order chi connectivity index (χ1) is 31.9. The summed E-state index contributed by atoms with van der Waals surface area (Å²) in [5.41, 5.74) is 15.2. The molecule has 7 N–H and O–H groups in total. The molecule has 5 unspecified atom stereocenters. The summed E-state index contributed by atoms with van der Waals surface area (Å²) in [6.45, 7) is 11.6. The normalized spacial score (nSPS) is 14.7. The van der Waals surface area contributed by atoms with Gasteiger partial charge in [-0.3, -0.25) is 14.5 Å². The third-order valence-corrected chi connectivity index (χ3v) is 12.1. The number of ether oxygens (including phenoxy) is 3.